The summed E-state index contributed by atoms with van der Waals surface area (Å²) in [6, 6.07) is 0. The molecule has 1 aromatic rings. The quantitative estimate of drug-likeness (QED) is 0.527. The Morgan fingerprint density at radius 2 is 2.28 bits per heavy atom. The Bertz CT molecular complexity index is 486. The van der Waals surface area contributed by atoms with Gasteiger partial charge in [-0.1, -0.05) is 0 Å². The zero-order chi connectivity index (χ0) is 13.3. The van der Waals surface area contributed by atoms with Gasteiger partial charge in [-0.3, -0.25) is 10.00 Å². The van der Waals surface area contributed by atoms with Crippen LogP contribution in [0.15, 0.2) is 11.3 Å². The van der Waals surface area contributed by atoms with Crippen LogP contribution in [0, 0.1) is 0 Å². The van der Waals surface area contributed by atoms with Crippen molar-refractivity contribution in [3.63, 3.8) is 0 Å². The lowest BCUT2D eigenvalue weighted by Crippen LogP contribution is -2.42. The molecule has 0 fully saturated rings. The van der Waals surface area contributed by atoms with E-state index in [0.29, 0.717) is 18.8 Å². The van der Waals surface area contributed by atoms with E-state index < -0.39 is 5.60 Å². The van der Waals surface area contributed by atoms with Gasteiger partial charge in [0.25, 0.3) is 0 Å². The minimum Gasteiger partial charge on any atom is -0.444 e. The monoisotopic (exact) mass is 251 g/mol. The largest absolute Gasteiger partial charge is 0.444 e. The fourth-order valence-corrected chi connectivity index (χ4v) is 1.76. The van der Waals surface area contributed by atoms with Crippen molar-refractivity contribution in [3.8, 4) is 0 Å². The zero-order valence-electron chi connectivity index (χ0n) is 10.7. The lowest BCUT2D eigenvalue weighted by Gasteiger charge is -2.30. The smallest absolute Gasteiger partial charge is 0.410 e. The molecule has 0 aromatic carbocycles. The summed E-state index contributed by atoms with van der Waals surface area (Å²) in [4.78, 5) is 13.5. The van der Waals surface area contributed by atoms with E-state index in [2.05, 4.69) is 15.3 Å². The summed E-state index contributed by atoms with van der Waals surface area (Å²) in [7, 11) is 0. The zero-order valence-corrected chi connectivity index (χ0v) is 10.7. The number of nitrogens with zero attached hydrogens (tertiary/aromatic N) is 3. The predicted octanol–water partition coefficient (Wildman–Crippen LogP) is 0.823. The Labute approximate surface area is 105 Å². The van der Waals surface area contributed by atoms with Gasteiger partial charge in [-0.15, -0.1) is 0 Å². The number of hydrogen-bond donors (Lipinski definition) is 2. The molecule has 0 aliphatic carbocycles. The van der Waals surface area contributed by atoms with Crippen LogP contribution in [0.1, 0.15) is 32.0 Å². The molecule has 0 bridgehead atoms. The normalized spacial score (nSPS) is 17.7. The van der Waals surface area contributed by atoms with Gasteiger partial charge in [0.1, 0.15) is 5.60 Å². The number of hydrogen-bond acceptors (Lipinski definition) is 5. The molecule has 1 aromatic heterocycles. The van der Waals surface area contributed by atoms with Crippen molar-refractivity contribution < 1.29 is 9.53 Å². The molecule has 0 atom stereocenters. The minimum atomic E-state index is -0.522. The van der Waals surface area contributed by atoms with Gasteiger partial charge >= 0.3 is 6.09 Å². The summed E-state index contributed by atoms with van der Waals surface area (Å²) >= 11 is 0. The highest BCUT2D eigenvalue weighted by Gasteiger charge is 2.29. The van der Waals surface area contributed by atoms with Crippen molar-refractivity contribution in [3.05, 3.63) is 17.5 Å². The van der Waals surface area contributed by atoms with Crippen molar-refractivity contribution in [2.24, 2.45) is 10.9 Å². The number of rotatable bonds is 0. The molecule has 18 heavy (non-hydrogen) atoms. The highest BCUT2D eigenvalue weighted by Crippen LogP contribution is 2.19. The van der Waals surface area contributed by atoms with Crippen LogP contribution in [0.25, 0.3) is 0 Å². The van der Waals surface area contributed by atoms with E-state index in [1.165, 1.54) is 4.90 Å². The maximum atomic E-state index is 12.0. The first-order chi connectivity index (χ1) is 8.40. The molecule has 1 aliphatic heterocycles. The first kappa shape index (κ1) is 12.4. The second-order valence-corrected chi connectivity index (χ2v) is 5.17. The van der Waals surface area contributed by atoms with Crippen molar-refractivity contribution in [1.29, 1.82) is 0 Å². The van der Waals surface area contributed by atoms with E-state index in [-0.39, 0.29) is 6.09 Å². The van der Waals surface area contributed by atoms with Gasteiger partial charge in [0, 0.05) is 5.56 Å². The second kappa shape index (κ2) is 4.32. The fourth-order valence-electron chi connectivity index (χ4n) is 1.76. The van der Waals surface area contributed by atoms with Crippen LogP contribution in [0.3, 0.4) is 0 Å². The molecule has 1 aliphatic rings. The molecule has 1 amide bonds. The maximum Gasteiger partial charge on any atom is 0.410 e. The Hall–Kier alpha value is -2.05. The average Bonchev–Trinajstić information content (AvgIpc) is 2.73. The van der Waals surface area contributed by atoms with Gasteiger partial charge in [0.15, 0.2) is 0 Å². The number of carbonyl (C=O) groups excluding carboxylic acids is 1. The standard InChI is InChI=1S/C11H17N5O2/c1-11(2,3)18-10(17)16-5-8(14-12)7-4-13-15-9(7)6-16/h4H,5-6,12H2,1-3H3,(H,13,15)/b14-8-. The maximum absolute atomic E-state index is 12.0. The number of carbonyl (C=O) groups is 1. The summed E-state index contributed by atoms with van der Waals surface area (Å²) in [6.45, 7) is 6.23. The van der Waals surface area contributed by atoms with E-state index in [1.54, 1.807) is 6.20 Å². The topological polar surface area (TPSA) is 96.6 Å². The highest BCUT2D eigenvalue weighted by molar-refractivity contribution is 6.04. The number of amides is 1. The predicted molar refractivity (Wildman–Crippen MR) is 66.0 cm³/mol. The van der Waals surface area contributed by atoms with Crippen LogP contribution < -0.4 is 5.84 Å². The average molecular weight is 251 g/mol. The Morgan fingerprint density at radius 3 is 2.89 bits per heavy atom. The van der Waals surface area contributed by atoms with Crippen LogP contribution >= 0.6 is 0 Å². The van der Waals surface area contributed by atoms with Gasteiger partial charge < -0.3 is 10.6 Å². The van der Waals surface area contributed by atoms with Crippen LogP contribution in [0.4, 0.5) is 4.79 Å². The molecule has 98 valence electrons. The minimum absolute atomic E-state index is 0.331. The molecule has 2 rings (SSSR count). The molecule has 0 saturated heterocycles. The summed E-state index contributed by atoms with van der Waals surface area (Å²) in [5.41, 5.74) is 1.77. The van der Waals surface area contributed by atoms with Gasteiger partial charge in [-0.05, 0) is 20.8 Å². The number of nitrogens with one attached hydrogen (secondary N) is 1. The number of ether oxygens (including phenoxy) is 1. The molecular formula is C11H17N5O2. The molecular weight excluding hydrogens is 234 g/mol. The Kier molecular flexibility index (Phi) is 2.98. The van der Waals surface area contributed by atoms with Crippen LogP contribution in [0.5, 0.6) is 0 Å². The molecule has 0 spiro atoms. The lowest BCUT2D eigenvalue weighted by atomic mass is 10.1. The molecule has 0 saturated carbocycles. The number of nitrogens with two attached hydrogens (primary N) is 1. The summed E-state index contributed by atoms with van der Waals surface area (Å²) < 4.78 is 5.32. The third kappa shape index (κ3) is 2.44. The number of fused-ring (bicyclic) bond motifs is 1. The van der Waals surface area contributed by atoms with Crippen molar-refractivity contribution >= 4 is 11.8 Å². The number of aromatic amines is 1. The molecule has 2 heterocycles. The summed E-state index contributed by atoms with van der Waals surface area (Å²) in [5.74, 6) is 5.33. The van der Waals surface area contributed by atoms with Crippen molar-refractivity contribution in [2.45, 2.75) is 32.9 Å². The lowest BCUT2D eigenvalue weighted by molar-refractivity contribution is 0.0257. The van der Waals surface area contributed by atoms with E-state index in [9.17, 15) is 4.79 Å². The van der Waals surface area contributed by atoms with Crippen molar-refractivity contribution in [1.82, 2.24) is 15.1 Å². The first-order valence-electron chi connectivity index (χ1n) is 5.68. The van der Waals surface area contributed by atoms with Crippen LogP contribution in [0.2, 0.25) is 0 Å². The van der Waals surface area contributed by atoms with E-state index in [4.69, 9.17) is 10.6 Å². The third-order valence-corrected chi connectivity index (χ3v) is 2.53. The van der Waals surface area contributed by atoms with Gasteiger partial charge in [-0.25, -0.2) is 4.79 Å². The molecule has 3 N–H and O–H groups in total. The Balaban J connectivity index is 2.17. The van der Waals surface area contributed by atoms with Gasteiger partial charge in [0.05, 0.1) is 30.7 Å². The van der Waals surface area contributed by atoms with E-state index >= 15 is 0 Å². The molecule has 7 heteroatoms. The molecule has 0 unspecified atom stereocenters. The molecule has 0 radical (unpaired) electrons. The van der Waals surface area contributed by atoms with Crippen LogP contribution in [-0.4, -0.2) is 39.0 Å². The summed E-state index contributed by atoms with van der Waals surface area (Å²) in [6.07, 6.45) is 1.27. The number of H-pyrrole nitrogens is 1. The number of aromatic nitrogens is 2. The van der Waals surface area contributed by atoms with Gasteiger partial charge in [-0.2, -0.15) is 10.2 Å². The SMILES string of the molecule is CC(C)(C)OC(=O)N1C/C(=N/N)c2cn[nH]c2C1. The van der Waals surface area contributed by atoms with Crippen LogP contribution in [-0.2, 0) is 11.3 Å². The Morgan fingerprint density at radius 1 is 1.56 bits per heavy atom. The van der Waals surface area contributed by atoms with Crippen molar-refractivity contribution in [2.75, 3.05) is 6.54 Å². The fraction of sp³-hybridized carbons (Fsp3) is 0.545. The van der Waals surface area contributed by atoms with E-state index in [1.807, 2.05) is 20.8 Å². The second-order valence-electron chi connectivity index (χ2n) is 5.17. The molecule has 7 nitrogen and oxygen atoms in total. The number of hydrazone groups is 1. The highest BCUT2D eigenvalue weighted by atomic mass is 16.6. The van der Waals surface area contributed by atoms with Gasteiger partial charge in [0.2, 0.25) is 0 Å². The first-order valence-corrected chi connectivity index (χ1v) is 5.68. The third-order valence-electron chi connectivity index (χ3n) is 2.53. The summed E-state index contributed by atoms with van der Waals surface area (Å²) in [5, 5.41) is 10.5. The van der Waals surface area contributed by atoms with E-state index in [0.717, 1.165) is 11.3 Å².